The van der Waals surface area contributed by atoms with Gasteiger partial charge in [0.25, 0.3) is 0 Å². The number of nitrogens with two attached hydrogens (primary N) is 1. The Morgan fingerprint density at radius 1 is 1.32 bits per heavy atom. The molecular formula is C14H13FN6O. The van der Waals surface area contributed by atoms with Crippen molar-refractivity contribution < 1.29 is 9.13 Å². The van der Waals surface area contributed by atoms with Crippen LogP contribution in [-0.4, -0.2) is 25.0 Å². The van der Waals surface area contributed by atoms with Gasteiger partial charge in [0.1, 0.15) is 23.9 Å². The molecule has 7 nitrogen and oxygen atoms in total. The monoisotopic (exact) mass is 300 g/mol. The van der Waals surface area contributed by atoms with Crippen LogP contribution in [0.4, 0.5) is 10.2 Å². The van der Waals surface area contributed by atoms with Crippen LogP contribution in [0.5, 0.6) is 6.01 Å². The largest absolute Gasteiger partial charge is 0.457 e. The normalized spacial score (nSPS) is 10.6. The van der Waals surface area contributed by atoms with Gasteiger partial charge >= 0.3 is 6.01 Å². The third-order valence-corrected chi connectivity index (χ3v) is 2.95. The first-order chi connectivity index (χ1) is 10.6. The van der Waals surface area contributed by atoms with Crippen molar-refractivity contribution in [1.29, 1.82) is 0 Å². The van der Waals surface area contributed by atoms with Crippen molar-refractivity contribution in [2.45, 2.75) is 13.5 Å². The summed E-state index contributed by atoms with van der Waals surface area (Å²) in [5, 5.41) is 7.98. The minimum Gasteiger partial charge on any atom is -0.457 e. The van der Waals surface area contributed by atoms with E-state index in [4.69, 9.17) is 10.5 Å². The van der Waals surface area contributed by atoms with Gasteiger partial charge in [0.15, 0.2) is 0 Å². The van der Waals surface area contributed by atoms with E-state index in [1.807, 2.05) is 0 Å². The van der Waals surface area contributed by atoms with Crippen LogP contribution in [0.3, 0.4) is 0 Å². The minimum atomic E-state index is -0.258. The summed E-state index contributed by atoms with van der Waals surface area (Å²) < 4.78 is 20.2. The van der Waals surface area contributed by atoms with Crippen LogP contribution in [0.25, 0.3) is 5.69 Å². The van der Waals surface area contributed by atoms with Crippen molar-refractivity contribution in [2.24, 2.45) is 0 Å². The highest BCUT2D eigenvalue weighted by molar-refractivity contribution is 5.35. The molecule has 112 valence electrons. The fourth-order valence-corrected chi connectivity index (χ4v) is 1.82. The van der Waals surface area contributed by atoms with E-state index in [0.29, 0.717) is 17.1 Å². The highest BCUT2D eigenvalue weighted by Gasteiger charge is 2.07. The van der Waals surface area contributed by atoms with Gasteiger partial charge in [-0.05, 0) is 36.8 Å². The highest BCUT2D eigenvalue weighted by Crippen LogP contribution is 2.13. The summed E-state index contributed by atoms with van der Waals surface area (Å²) in [7, 11) is 0. The second-order valence-electron chi connectivity index (χ2n) is 4.64. The quantitative estimate of drug-likeness (QED) is 0.788. The lowest BCUT2D eigenvalue weighted by atomic mass is 10.2. The summed E-state index contributed by atoms with van der Waals surface area (Å²) in [6.07, 6.45) is 3.20. The maximum atomic E-state index is 13.3. The van der Waals surface area contributed by atoms with Crippen LogP contribution in [-0.2, 0) is 6.61 Å². The van der Waals surface area contributed by atoms with E-state index in [1.54, 1.807) is 36.0 Å². The van der Waals surface area contributed by atoms with Crippen molar-refractivity contribution in [3.05, 3.63) is 53.7 Å². The topological polar surface area (TPSA) is 91.7 Å². The number of benzene rings is 1. The van der Waals surface area contributed by atoms with Gasteiger partial charge in [-0.15, -0.1) is 5.10 Å². The Morgan fingerprint density at radius 3 is 2.95 bits per heavy atom. The molecule has 0 aliphatic carbocycles. The third-order valence-electron chi connectivity index (χ3n) is 2.95. The standard InChI is InChI=1S/C14H13FN6O/c1-9-6-11(2-3-12(9)15)21-7-10(19-20-21)8-22-14-17-5-4-13(16)18-14/h2-7H,8H2,1H3,(H2,16,17,18). The molecule has 0 saturated carbocycles. The van der Waals surface area contributed by atoms with Gasteiger partial charge in [-0.3, -0.25) is 0 Å². The van der Waals surface area contributed by atoms with Gasteiger partial charge in [0.2, 0.25) is 0 Å². The van der Waals surface area contributed by atoms with E-state index < -0.39 is 0 Å². The first kappa shape index (κ1) is 13.9. The molecule has 22 heavy (non-hydrogen) atoms. The summed E-state index contributed by atoms with van der Waals surface area (Å²) in [6, 6.07) is 6.45. The van der Waals surface area contributed by atoms with Crippen LogP contribution in [0.2, 0.25) is 0 Å². The van der Waals surface area contributed by atoms with Crippen molar-refractivity contribution >= 4 is 5.82 Å². The fourth-order valence-electron chi connectivity index (χ4n) is 1.82. The molecule has 0 amide bonds. The zero-order chi connectivity index (χ0) is 15.5. The molecule has 0 saturated heterocycles. The Labute approximate surface area is 125 Å². The number of hydrogen-bond donors (Lipinski definition) is 1. The zero-order valence-electron chi connectivity index (χ0n) is 11.8. The lowest BCUT2D eigenvalue weighted by Crippen LogP contribution is -2.01. The summed E-state index contributed by atoms with van der Waals surface area (Å²) in [5.74, 6) is 0.0710. The average Bonchev–Trinajstić information content (AvgIpc) is 2.97. The van der Waals surface area contributed by atoms with Crippen LogP contribution < -0.4 is 10.5 Å². The van der Waals surface area contributed by atoms with Crippen LogP contribution >= 0.6 is 0 Å². The Balaban J connectivity index is 1.72. The van der Waals surface area contributed by atoms with Crippen LogP contribution in [0.1, 0.15) is 11.3 Å². The van der Waals surface area contributed by atoms with Crippen LogP contribution in [0, 0.1) is 12.7 Å². The summed E-state index contributed by atoms with van der Waals surface area (Å²) in [6.45, 7) is 1.85. The van der Waals surface area contributed by atoms with Crippen molar-refractivity contribution in [1.82, 2.24) is 25.0 Å². The summed E-state index contributed by atoms with van der Waals surface area (Å²) >= 11 is 0. The van der Waals surface area contributed by atoms with E-state index in [1.165, 1.54) is 12.3 Å². The van der Waals surface area contributed by atoms with E-state index in [-0.39, 0.29) is 18.4 Å². The number of rotatable bonds is 4. The molecule has 1 aromatic carbocycles. The zero-order valence-corrected chi connectivity index (χ0v) is 11.8. The Hall–Kier alpha value is -3.03. The Morgan fingerprint density at radius 2 is 2.18 bits per heavy atom. The number of hydrogen-bond acceptors (Lipinski definition) is 6. The number of aromatic nitrogens is 5. The molecule has 2 heterocycles. The SMILES string of the molecule is Cc1cc(-n2cc(COc3nccc(N)n3)nn2)ccc1F. The average molecular weight is 300 g/mol. The van der Waals surface area contributed by atoms with E-state index in [2.05, 4.69) is 20.3 Å². The molecule has 0 spiro atoms. The smallest absolute Gasteiger partial charge is 0.318 e. The van der Waals surface area contributed by atoms with E-state index in [0.717, 1.165) is 5.69 Å². The van der Waals surface area contributed by atoms with E-state index >= 15 is 0 Å². The molecule has 2 aromatic heterocycles. The maximum absolute atomic E-state index is 13.3. The number of nitrogens with zero attached hydrogens (tertiary/aromatic N) is 5. The van der Waals surface area contributed by atoms with Crippen molar-refractivity contribution in [2.75, 3.05) is 5.73 Å². The lowest BCUT2D eigenvalue weighted by molar-refractivity contribution is 0.276. The molecule has 0 fully saturated rings. The van der Waals surface area contributed by atoms with Crippen LogP contribution in [0.15, 0.2) is 36.7 Å². The number of anilines is 1. The second-order valence-corrected chi connectivity index (χ2v) is 4.64. The highest BCUT2D eigenvalue weighted by atomic mass is 19.1. The Bertz CT molecular complexity index is 804. The van der Waals surface area contributed by atoms with Gasteiger partial charge < -0.3 is 10.5 Å². The molecule has 0 atom stereocenters. The van der Waals surface area contributed by atoms with Gasteiger partial charge in [0.05, 0.1) is 11.9 Å². The molecule has 0 radical (unpaired) electrons. The van der Waals surface area contributed by atoms with Crippen molar-refractivity contribution in [3.63, 3.8) is 0 Å². The molecule has 3 rings (SSSR count). The van der Waals surface area contributed by atoms with E-state index in [9.17, 15) is 4.39 Å². The second kappa shape index (κ2) is 5.76. The number of nitrogen functional groups attached to an aromatic ring is 1. The molecular weight excluding hydrogens is 287 g/mol. The molecule has 0 unspecified atom stereocenters. The number of ether oxygens (including phenoxy) is 1. The summed E-state index contributed by atoms with van der Waals surface area (Å²) in [4.78, 5) is 7.85. The fraction of sp³-hybridized carbons (Fsp3) is 0.143. The predicted molar refractivity (Wildman–Crippen MR) is 76.8 cm³/mol. The molecule has 3 aromatic rings. The first-order valence-corrected chi connectivity index (χ1v) is 6.51. The molecule has 0 aliphatic rings. The first-order valence-electron chi connectivity index (χ1n) is 6.51. The Kier molecular flexibility index (Phi) is 3.65. The van der Waals surface area contributed by atoms with Gasteiger partial charge in [-0.1, -0.05) is 5.21 Å². The number of aryl methyl sites for hydroxylation is 1. The van der Waals surface area contributed by atoms with Gasteiger partial charge in [-0.2, -0.15) is 4.98 Å². The molecule has 0 aliphatic heterocycles. The molecule has 2 N–H and O–H groups in total. The van der Waals surface area contributed by atoms with Gasteiger partial charge in [0, 0.05) is 6.20 Å². The minimum absolute atomic E-state index is 0.156. The van der Waals surface area contributed by atoms with Gasteiger partial charge in [-0.25, -0.2) is 14.1 Å². The maximum Gasteiger partial charge on any atom is 0.318 e. The third kappa shape index (κ3) is 3.00. The van der Waals surface area contributed by atoms with Crippen molar-refractivity contribution in [3.8, 4) is 11.7 Å². The summed E-state index contributed by atoms with van der Waals surface area (Å²) in [5.41, 5.74) is 7.39. The molecule has 0 bridgehead atoms. The predicted octanol–water partition coefficient (Wildman–Crippen LogP) is 1.67. The molecule has 8 heteroatoms. The lowest BCUT2D eigenvalue weighted by Gasteiger charge is -2.02. The number of halogens is 1.